The van der Waals surface area contributed by atoms with Gasteiger partial charge in [0.2, 0.25) is 5.95 Å². The zero-order chi connectivity index (χ0) is 22.0. The predicted molar refractivity (Wildman–Crippen MR) is 123 cm³/mol. The second kappa shape index (κ2) is 8.89. The fourth-order valence-corrected chi connectivity index (χ4v) is 3.99. The summed E-state index contributed by atoms with van der Waals surface area (Å²) in [4.78, 5) is 30.3. The van der Waals surface area contributed by atoms with Crippen LogP contribution in [0.5, 0.6) is 0 Å². The van der Waals surface area contributed by atoms with Gasteiger partial charge in [0.25, 0.3) is 5.91 Å². The van der Waals surface area contributed by atoms with Crippen LogP contribution in [-0.2, 0) is 0 Å². The third-order valence-corrected chi connectivity index (χ3v) is 5.74. The number of carbonyl (C=O) groups is 1. The summed E-state index contributed by atoms with van der Waals surface area (Å²) in [5.41, 5.74) is 9.14. The van der Waals surface area contributed by atoms with Gasteiger partial charge in [-0.15, -0.1) is 0 Å². The summed E-state index contributed by atoms with van der Waals surface area (Å²) in [7, 11) is 3.85. The first-order valence-electron chi connectivity index (χ1n) is 10.2. The Morgan fingerprint density at radius 1 is 1.13 bits per heavy atom. The van der Waals surface area contributed by atoms with E-state index in [1.807, 2.05) is 54.4 Å². The summed E-state index contributed by atoms with van der Waals surface area (Å²) in [5, 5.41) is 0.683. The summed E-state index contributed by atoms with van der Waals surface area (Å²) in [5.74, 6) is 1.12. The van der Waals surface area contributed by atoms with Crippen molar-refractivity contribution >= 4 is 29.3 Å². The topological polar surface area (TPSA) is 88.2 Å². The van der Waals surface area contributed by atoms with Gasteiger partial charge in [0, 0.05) is 56.1 Å². The van der Waals surface area contributed by atoms with E-state index < -0.39 is 0 Å². The lowest BCUT2D eigenvalue weighted by atomic mass is 9.89. The second-order valence-corrected chi connectivity index (χ2v) is 8.37. The summed E-state index contributed by atoms with van der Waals surface area (Å²) in [6, 6.07) is 11.1. The van der Waals surface area contributed by atoms with Gasteiger partial charge in [0.15, 0.2) is 0 Å². The van der Waals surface area contributed by atoms with E-state index in [-0.39, 0.29) is 11.8 Å². The molecule has 2 aromatic heterocycles. The lowest BCUT2D eigenvalue weighted by Crippen LogP contribution is -2.39. The molecule has 1 aromatic carbocycles. The average Bonchev–Trinajstić information content (AvgIpc) is 2.79. The number of piperidine rings is 1. The SMILES string of the molecule is CN(C)c1ncc(-c2ccc(Cl)cc2)c([C@@H]2CCCN(C(=O)c3ccc(N)nc3)C2)n1. The molecule has 3 aromatic rings. The van der Waals surface area contributed by atoms with Crippen molar-refractivity contribution in [2.45, 2.75) is 18.8 Å². The molecule has 0 radical (unpaired) electrons. The number of hydrogen-bond acceptors (Lipinski definition) is 6. The molecule has 1 atom stereocenters. The zero-order valence-electron chi connectivity index (χ0n) is 17.6. The van der Waals surface area contributed by atoms with Crippen molar-refractivity contribution in [3.05, 3.63) is 65.1 Å². The first-order chi connectivity index (χ1) is 14.9. The van der Waals surface area contributed by atoms with Crippen molar-refractivity contribution in [3.8, 4) is 11.1 Å². The predicted octanol–water partition coefficient (Wildman–Crippen LogP) is 3.86. The molecular formula is C23H25ClN6O. The molecule has 3 heterocycles. The number of halogens is 1. The molecule has 1 saturated heterocycles. The van der Waals surface area contributed by atoms with Crippen LogP contribution in [-0.4, -0.2) is 52.9 Å². The lowest BCUT2D eigenvalue weighted by molar-refractivity contribution is 0.0705. The molecule has 1 aliphatic rings. The van der Waals surface area contributed by atoms with E-state index in [4.69, 9.17) is 22.3 Å². The molecule has 7 nitrogen and oxygen atoms in total. The van der Waals surface area contributed by atoms with E-state index in [0.29, 0.717) is 35.4 Å². The van der Waals surface area contributed by atoms with Gasteiger partial charge >= 0.3 is 0 Å². The molecule has 1 aliphatic heterocycles. The Morgan fingerprint density at radius 2 is 1.90 bits per heavy atom. The smallest absolute Gasteiger partial charge is 0.255 e. The molecule has 0 bridgehead atoms. The lowest BCUT2D eigenvalue weighted by Gasteiger charge is -2.33. The molecular weight excluding hydrogens is 412 g/mol. The number of nitrogen functional groups attached to an aromatic ring is 1. The standard InChI is InChI=1S/C23H25ClN6O/c1-29(2)23-27-13-19(15-5-8-18(24)9-6-15)21(28-23)17-4-3-11-30(14-17)22(31)16-7-10-20(25)26-12-16/h5-10,12-13,17H,3-4,11,14H2,1-2H3,(H2,25,26)/t17-/m1/s1. The maximum atomic E-state index is 13.0. The molecule has 4 rings (SSSR count). The van der Waals surface area contributed by atoms with Gasteiger partial charge in [-0.2, -0.15) is 0 Å². The number of carbonyl (C=O) groups excluding carboxylic acids is 1. The van der Waals surface area contributed by atoms with Crippen molar-refractivity contribution in [2.24, 2.45) is 0 Å². The van der Waals surface area contributed by atoms with E-state index in [1.165, 1.54) is 6.20 Å². The monoisotopic (exact) mass is 436 g/mol. The number of likely N-dealkylation sites (tertiary alicyclic amines) is 1. The molecule has 1 amide bonds. The molecule has 0 aliphatic carbocycles. The van der Waals surface area contributed by atoms with Crippen molar-refractivity contribution in [3.63, 3.8) is 0 Å². The molecule has 2 N–H and O–H groups in total. The Labute approximate surface area is 186 Å². The minimum absolute atomic E-state index is 0.0351. The number of pyridine rings is 1. The number of amides is 1. The number of hydrogen-bond donors (Lipinski definition) is 1. The molecule has 31 heavy (non-hydrogen) atoms. The Kier molecular flexibility index (Phi) is 6.04. The average molecular weight is 437 g/mol. The number of nitrogens with zero attached hydrogens (tertiary/aromatic N) is 5. The van der Waals surface area contributed by atoms with Gasteiger partial charge in [0.05, 0.1) is 11.3 Å². The highest BCUT2D eigenvalue weighted by Crippen LogP contribution is 2.34. The Balaban J connectivity index is 1.66. The van der Waals surface area contributed by atoms with Crippen LogP contribution in [0.25, 0.3) is 11.1 Å². The van der Waals surface area contributed by atoms with Crippen molar-refractivity contribution in [2.75, 3.05) is 37.8 Å². The van der Waals surface area contributed by atoms with Crippen LogP contribution in [0.2, 0.25) is 5.02 Å². The van der Waals surface area contributed by atoms with Crippen LogP contribution in [0.15, 0.2) is 48.8 Å². The van der Waals surface area contributed by atoms with Crippen molar-refractivity contribution in [1.29, 1.82) is 0 Å². The van der Waals surface area contributed by atoms with Crippen LogP contribution < -0.4 is 10.6 Å². The number of nitrogens with two attached hydrogens (primary N) is 1. The highest BCUT2D eigenvalue weighted by Gasteiger charge is 2.29. The highest BCUT2D eigenvalue weighted by atomic mass is 35.5. The number of benzene rings is 1. The van der Waals surface area contributed by atoms with Gasteiger partial charge in [-0.1, -0.05) is 23.7 Å². The Morgan fingerprint density at radius 3 is 2.58 bits per heavy atom. The van der Waals surface area contributed by atoms with Gasteiger partial charge in [-0.3, -0.25) is 4.79 Å². The molecule has 0 saturated carbocycles. The van der Waals surface area contributed by atoms with Crippen LogP contribution >= 0.6 is 11.6 Å². The van der Waals surface area contributed by atoms with Crippen molar-refractivity contribution in [1.82, 2.24) is 19.9 Å². The van der Waals surface area contributed by atoms with Crippen LogP contribution in [0.1, 0.15) is 34.8 Å². The van der Waals surface area contributed by atoms with Gasteiger partial charge in [0.1, 0.15) is 5.82 Å². The number of aromatic nitrogens is 3. The second-order valence-electron chi connectivity index (χ2n) is 7.93. The summed E-state index contributed by atoms with van der Waals surface area (Å²) >= 11 is 6.08. The molecule has 8 heteroatoms. The summed E-state index contributed by atoms with van der Waals surface area (Å²) < 4.78 is 0. The van der Waals surface area contributed by atoms with Crippen molar-refractivity contribution < 1.29 is 4.79 Å². The zero-order valence-corrected chi connectivity index (χ0v) is 18.4. The van der Waals surface area contributed by atoms with Gasteiger partial charge in [-0.25, -0.2) is 15.0 Å². The van der Waals surface area contributed by atoms with E-state index in [2.05, 4.69) is 9.97 Å². The van der Waals surface area contributed by atoms with Crippen LogP contribution in [0.4, 0.5) is 11.8 Å². The third-order valence-electron chi connectivity index (χ3n) is 5.49. The first kappa shape index (κ1) is 21.1. The van der Waals surface area contributed by atoms with E-state index >= 15 is 0 Å². The third kappa shape index (κ3) is 4.61. The van der Waals surface area contributed by atoms with E-state index in [0.717, 1.165) is 29.7 Å². The maximum absolute atomic E-state index is 13.0. The molecule has 0 spiro atoms. The van der Waals surface area contributed by atoms with Crippen LogP contribution in [0.3, 0.4) is 0 Å². The fraction of sp³-hybridized carbons (Fsp3) is 0.304. The normalized spacial score (nSPS) is 16.2. The summed E-state index contributed by atoms with van der Waals surface area (Å²) in [6.45, 7) is 1.30. The number of anilines is 2. The quantitative estimate of drug-likeness (QED) is 0.668. The summed E-state index contributed by atoms with van der Waals surface area (Å²) in [6.07, 6.45) is 5.26. The van der Waals surface area contributed by atoms with E-state index in [9.17, 15) is 4.79 Å². The fourth-order valence-electron chi connectivity index (χ4n) is 3.86. The van der Waals surface area contributed by atoms with Gasteiger partial charge < -0.3 is 15.5 Å². The number of rotatable bonds is 4. The Hall–Kier alpha value is -3.19. The largest absolute Gasteiger partial charge is 0.384 e. The van der Waals surface area contributed by atoms with E-state index in [1.54, 1.807) is 12.1 Å². The Bertz CT molecular complexity index is 1070. The molecule has 1 fully saturated rings. The van der Waals surface area contributed by atoms with Gasteiger partial charge in [-0.05, 0) is 42.7 Å². The highest BCUT2D eigenvalue weighted by molar-refractivity contribution is 6.30. The van der Waals surface area contributed by atoms with Crippen LogP contribution in [0, 0.1) is 0 Å². The minimum Gasteiger partial charge on any atom is -0.384 e. The minimum atomic E-state index is -0.0351. The molecule has 0 unspecified atom stereocenters. The maximum Gasteiger partial charge on any atom is 0.255 e. The first-order valence-corrected chi connectivity index (χ1v) is 10.6. The molecule has 160 valence electrons.